The van der Waals surface area contributed by atoms with Crippen LogP contribution in [0.1, 0.15) is 46.5 Å². The predicted molar refractivity (Wildman–Crippen MR) is 66.5 cm³/mol. The van der Waals surface area contributed by atoms with Gasteiger partial charge in [-0.05, 0) is 53.6 Å². The monoisotopic (exact) mass is 226 g/mol. The Balaban J connectivity index is 2.10. The van der Waals surface area contributed by atoms with Gasteiger partial charge in [0, 0.05) is 19.0 Å². The highest BCUT2D eigenvalue weighted by Crippen LogP contribution is 2.35. The first-order chi connectivity index (χ1) is 7.41. The molecular weight excluding hydrogens is 200 g/mol. The molecule has 0 saturated carbocycles. The molecular formula is C13H26N2O. The fourth-order valence-corrected chi connectivity index (χ4v) is 3.33. The van der Waals surface area contributed by atoms with E-state index >= 15 is 0 Å². The largest absolute Gasteiger partial charge is 0.355 e. The molecule has 0 amide bonds. The van der Waals surface area contributed by atoms with Crippen LogP contribution in [0.15, 0.2) is 0 Å². The van der Waals surface area contributed by atoms with E-state index in [0.717, 1.165) is 25.8 Å². The summed E-state index contributed by atoms with van der Waals surface area (Å²) in [6, 6.07) is 0.562. The van der Waals surface area contributed by atoms with Gasteiger partial charge in [0.1, 0.15) is 5.72 Å². The van der Waals surface area contributed by atoms with Crippen molar-refractivity contribution in [3.05, 3.63) is 0 Å². The van der Waals surface area contributed by atoms with Gasteiger partial charge in [-0.1, -0.05) is 0 Å². The van der Waals surface area contributed by atoms with Gasteiger partial charge < -0.3 is 9.64 Å². The van der Waals surface area contributed by atoms with E-state index in [0.29, 0.717) is 6.04 Å². The van der Waals surface area contributed by atoms with Gasteiger partial charge >= 0.3 is 0 Å². The molecule has 2 rings (SSSR count). The lowest BCUT2D eigenvalue weighted by atomic mass is 9.91. The normalized spacial score (nSPS) is 40.9. The molecule has 0 radical (unpaired) electrons. The van der Waals surface area contributed by atoms with Gasteiger partial charge in [-0.15, -0.1) is 0 Å². The average Bonchev–Trinajstić information content (AvgIpc) is 2.25. The van der Waals surface area contributed by atoms with E-state index in [1.54, 1.807) is 0 Å². The van der Waals surface area contributed by atoms with E-state index in [4.69, 9.17) is 4.74 Å². The summed E-state index contributed by atoms with van der Waals surface area (Å²) in [6.07, 6.45) is 4.58. The van der Waals surface area contributed by atoms with Gasteiger partial charge in [-0.2, -0.15) is 0 Å². The minimum Gasteiger partial charge on any atom is -0.355 e. The Bertz CT molecular complexity index is 254. The van der Waals surface area contributed by atoms with Crippen LogP contribution in [-0.2, 0) is 4.74 Å². The lowest BCUT2D eigenvalue weighted by Crippen LogP contribution is -2.61. The standard InChI is InChI=1S/C13H26N2O/c1-11-10-12(2,3)16-13(14-11)6-5-8-15(4)9-7-13/h11,14H,5-10H2,1-4H3. The van der Waals surface area contributed by atoms with E-state index in [9.17, 15) is 0 Å². The van der Waals surface area contributed by atoms with Crippen molar-refractivity contribution < 1.29 is 4.74 Å². The van der Waals surface area contributed by atoms with Crippen molar-refractivity contribution in [3.8, 4) is 0 Å². The van der Waals surface area contributed by atoms with E-state index in [-0.39, 0.29) is 11.3 Å². The fourth-order valence-electron chi connectivity index (χ4n) is 3.33. The lowest BCUT2D eigenvalue weighted by molar-refractivity contribution is -0.201. The minimum absolute atomic E-state index is 0.0214. The number of rotatable bonds is 0. The Labute approximate surface area is 99.5 Å². The minimum atomic E-state index is -0.0636. The summed E-state index contributed by atoms with van der Waals surface area (Å²) in [6.45, 7) is 9.05. The maximum Gasteiger partial charge on any atom is 0.121 e. The molecule has 3 heteroatoms. The summed E-state index contributed by atoms with van der Waals surface area (Å²) in [5, 5.41) is 3.70. The smallest absolute Gasteiger partial charge is 0.121 e. The van der Waals surface area contributed by atoms with Gasteiger partial charge in [0.05, 0.1) is 5.60 Å². The van der Waals surface area contributed by atoms with Crippen LogP contribution in [0, 0.1) is 0 Å². The zero-order chi connectivity index (χ0) is 11.8. The zero-order valence-corrected chi connectivity index (χ0v) is 11.2. The molecule has 0 aromatic heterocycles. The lowest BCUT2D eigenvalue weighted by Gasteiger charge is -2.48. The third kappa shape index (κ3) is 2.76. The van der Waals surface area contributed by atoms with E-state index in [2.05, 4.69) is 38.0 Å². The summed E-state index contributed by atoms with van der Waals surface area (Å²) in [5.74, 6) is 0. The number of ether oxygens (including phenoxy) is 1. The first kappa shape index (κ1) is 12.3. The number of hydrogen-bond donors (Lipinski definition) is 1. The summed E-state index contributed by atoms with van der Waals surface area (Å²) in [7, 11) is 2.20. The quantitative estimate of drug-likeness (QED) is 0.683. The first-order valence-corrected chi connectivity index (χ1v) is 6.57. The zero-order valence-electron chi connectivity index (χ0n) is 11.2. The predicted octanol–water partition coefficient (Wildman–Crippen LogP) is 1.98. The molecule has 0 aromatic rings. The van der Waals surface area contributed by atoms with Gasteiger partial charge in [0.25, 0.3) is 0 Å². The molecule has 2 aliphatic heterocycles. The van der Waals surface area contributed by atoms with Crippen LogP contribution < -0.4 is 5.32 Å². The molecule has 16 heavy (non-hydrogen) atoms. The SMILES string of the molecule is CC1CC(C)(C)OC2(CCCN(C)CC2)N1. The molecule has 2 fully saturated rings. The third-order valence-electron chi connectivity index (χ3n) is 3.80. The van der Waals surface area contributed by atoms with Crippen LogP contribution in [0.2, 0.25) is 0 Å². The van der Waals surface area contributed by atoms with E-state index in [1.807, 2.05) is 0 Å². The van der Waals surface area contributed by atoms with Gasteiger partial charge in [-0.3, -0.25) is 5.32 Å². The topological polar surface area (TPSA) is 24.5 Å². The van der Waals surface area contributed by atoms with Crippen molar-refractivity contribution in [1.29, 1.82) is 0 Å². The second-order valence-corrected chi connectivity index (χ2v) is 6.26. The van der Waals surface area contributed by atoms with Crippen molar-refractivity contribution in [2.24, 2.45) is 0 Å². The number of likely N-dealkylation sites (tertiary alicyclic amines) is 1. The molecule has 2 unspecified atom stereocenters. The molecule has 0 aromatic carbocycles. The molecule has 3 nitrogen and oxygen atoms in total. The highest BCUT2D eigenvalue weighted by molar-refractivity contribution is 4.93. The van der Waals surface area contributed by atoms with Crippen LogP contribution in [0.3, 0.4) is 0 Å². The average molecular weight is 226 g/mol. The van der Waals surface area contributed by atoms with Crippen molar-refractivity contribution in [2.45, 2.75) is 63.8 Å². The Morgan fingerprint density at radius 3 is 2.69 bits per heavy atom. The molecule has 0 aliphatic carbocycles. The summed E-state index contributed by atoms with van der Waals surface area (Å²) >= 11 is 0. The maximum absolute atomic E-state index is 6.36. The highest BCUT2D eigenvalue weighted by atomic mass is 16.5. The van der Waals surface area contributed by atoms with Gasteiger partial charge in [0.2, 0.25) is 0 Å². The van der Waals surface area contributed by atoms with Crippen molar-refractivity contribution in [1.82, 2.24) is 10.2 Å². The molecule has 2 atom stereocenters. The number of hydrogen-bond acceptors (Lipinski definition) is 3. The second-order valence-electron chi connectivity index (χ2n) is 6.26. The van der Waals surface area contributed by atoms with Crippen LogP contribution in [0.4, 0.5) is 0 Å². The number of nitrogens with zero attached hydrogens (tertiary/aromatic N) is 1. The van der Waals surface area contributed by atoms with Crippen LogP contribution >= 0.6 is 0 Å². The van der Waals surface area contributed by atoms with Crippen LogP contribution in [0.5, 0.6) is 0 Å². The molecule has 2 aliphatic rings. The Hall–Kier alpha value is -0.120. The van der Waals surface area contributed by atoms with Gasteiger partial charge in [-0.25, -0.2) is 0 Å². The molecule has 1 N–H and O–H groups in total. The molecule has 2 saturated heterocycles. The fraction of sp³-hybridized carbons (Fsp3) is 1.00. The molecule has 94 valence electrons. The van der Waals surface area contributed by atoms with Crippen LogP contribution in [-0.4, -0.2) is 42.4 Å². The molecule has 2 heterocycles. The van der Waals surface area contributed by atoms with E-state index in [1.165, 1.54) is 13.0 Å². The molecule has 1 spiro atoms. The van der Waals surface area contributed by atoms with Crippen molar-refractivity contribution in [3.63, 3.8) is 0 Å². The van der Waals surface area contributed by atoms with E-state index < -0.39 is 0 Å². The highest BCUT2D eigenvalue weighted by Gasteiger charge is 2.43. The van der Waals surface area contributed by atoms with Gasteiger partial charge in [0.15, 0.2) is 0 Å². The molecule has 0 bridgehead atoms. The Kier molecular flexibility index (Phi) is 3.30. The number of nitrogens with one attached hydrogen (secondary N) is 1. The van der Waals surface area contributed by atoms with Crippen molar-refractivity contribution >= 4 is 0 Å². The van der Waals surface area contributed by atoms with Crippen molar-refractivity contribution in [2.75, 3.05) is 20.1 Å². The Morgan fingerprint density at radius 2 is 2.00 bits per heavy atom. The summed E-state index contributed by atoms with van der Waals surface area (Å²) in [5.41, 5.74) is -0.0422. The summed E-state index contributed by atoms with van der Waals surface area (Å²) in [4.78, 5) is 2.41. The van der Waals surface area contributed by atoms with Crippen LogP contribution in [0.25, 0.3) is 0 Å². The first-order valence-electron chi connectivity index (χ1n) is 6.57. The maximum atomic E-state index is 6.36. The third-order valence-corrected chi connectivity index (χ3v) is 3.80. The Morgan fingerprint density at radius 1 is 1.25 bits per heavy atom. The second kappa shape index (κ2) is 4.28. The summed E-state index contributed by atoms with van der Waals surface area (Å²) < 4.78 is 6.36.